The van der Waals surface area contributed by atoms with Crippen molar-refractivity contribution in [2.75, 3.05) is 7.04 Å². The second-order valence-electron chi connectivity index (χ2n) is 1.28. The molecule has 0 aliphatic rings. The Morgan fingerprint density at radius 3 is 3.11 bits per heavy atom. The number of ether oxygens (including phenoxy) is 1. The van der Waals surface area contributed by atoms with Gasteiger partial charge in [-0.2, -0.15) is 0 Å². The third kappa shape index (κ3) is 1.54. The predicted octanol–water partition coefficient (Wildman–Crippen LogP) is 1.14. The molecular formula is C5H5ClN2O. The third-order valence-electron chi connectivity index (χ3n) is 0.701. The van der Waals surface area contributed by atoms with E-state index in [-0.39, 0.29) is 11.0 Å². The van der Waals surface area contributed by atoms with Crippen molar-refractivity contribution in [1.29, 1.82) is 0 Å². The van der Waals surface area contributed by atoms with Crippen molar-refractivity contribution >= 4 is 11.6 Å². The summed E-state index contributed by atoms with van der Waals surface area (Å²) in [5.74, 6) is -0.0700. The highest BCUT2D eigenvalue weighted by Gasteiger charge is 1.90. The number of methoxy groups -OCH3 is 1. The number of rotatable bonds is 1. The maximum Gasteiger partial charge on any atom is 0.232 e. The van der Waals surface area contributed by atoms with Crippen LogP contribution in [0.3, 0.4) is 0 Å². The number of halogens is 1. The maximum atomic E-state index is 6.73. The summed E-state index contributed by atoms with van der Waals surface area (Å²) < 4.78 is 24.6. The fourth-order valence-corrected chi connectivity index (χ4v) is 0.451. The first-order chi connectivity index (χ1) is 5.47. The second kappa shape index (κ2) is 2.64. The van der Waals surface area contributed by atoms with Crippen LogP contribution in [0.15, 0.2) is 12.4 Å². The summed E-state index contributed by atoms with van der Waals surface area (Å²) in [6.45, 7) is 0. The standard InChI is InChI=1S/C5H5ClN2O/c1-9-5-3-7-4(6)2-8-5/h2-3H,1H3/i1D3. The van der Waals surface area contributed by atoms with Crippen molar-refractivity contribution in [2.45, 2.75) is 0 Å². The zero-order valence-corrected chi connectivity index (χ0v) is 5.09. The SMILES string of the molecule is [2H]C([2H])([2H])Oc1cnc(Cl)cn1. The zero-order valence-electron chi connectivity index (χ0n) is 7.34. The zero-order chi connectivity index (χ0) is 9.19. The Hall–Kier alpha value is -0.830. The van der Waals surface area contributed by atoms with Crippen LogP contribution < -0.4 is 4.74 Å². The molecule has 0 aliphatic heterocycles. The van der Waals surface area contributed by atoms with Crippen molar-refractivity contribution in [3.63, 3.8) is 0 Å². The van der Waals surface area contributed by atoms with E-state index in [9.17, 15) is 0 Å². The molecule has 0 spiro atoms. The average Bonchev–Trinajstić information content (AvgIpc) is 1.91. The molecule has 0 fully saturated rings. The highest BCUT2D eigenvalue weighted by molar-refractivity contribution is 6.29. The van der Waals surface area contributed by atoms with E-state index in [0.29, 0.717) is 0 Å². The Morgan fingerprint density at radius 2 is 2.56 bits per heavy atom. The molecule has 48 valence electrons. The Morgan fingerprint density at radius 1 is 1.67 bits per heavy atom. The van der Waals surface area contributed by atoms with Gasteiger partial charge in [-0.05, 0) is 0 Å². The molecule has 1 aromatic rings. The van der Waals surface area contributed by atoms with Crippen molar-refractivity contribution in [1.82, 2.24) is 9.97 Å². The molecule has 0 aromatic carbocycles. The minimum absolute atomic E-state index is 0.0700. The van der Waals surface area contributed by atoms with Crippen LogP contribution >= 0.6 is 11.6 Å². The number of aromatic nitrogens is 2. The molecule has 0 bridgehead atoms. The lowest BCUT2D eigenvalue weighted by Crippen LogP contribution is -1.87. The molecule has 0 aliphatic carbocycles. The summed E-state index contributed by atoms with van der Waals surface area (Å²) in [4.78, 5) is 7.18. The van der Waals surface area contributed by atoms with Gasteiger partial charge in [0.25, 0.3) is 0 Å². The van der Waals surface area contributed by atoms with Gasteiger partial charge in [-0.3, -0.25) is 0 Å². The van der Waals surface area contributed by atoms with Crippen LogP contribution in [0.25, 0.3) is 0 Å². The van der Waals surface area contributed by atoms with E-state index in [0.717, 1.165) is 6.20 Å². The van der Waals surface area contributed by atoms with Crippen LogP contribution in [0.2, 0.25) is 5.15 Å². The monoisotopic (exact) mass is 147 g/mol. The molecule has 0 radical (unpaired) electrons. The maximum absolute atomic E-state index is 6.73. The van der Waals surface area contributed by atoms with Crippen LogP contribution in [0.4, 0.5) is 0 Å². The number of hydrogen-bond acceptors (Lipinski definition) is 3. The quantitative estimate of drug-likeness (QED) is 0.598. The van der Waals surface area contributed by atoms with E-state index in [1.54, 1.807) is 0 Å². The van der Waals surface area contributed by atoms with Crippen LogP contribution in [-0.2, 0) is 0 Å². The largest absolute Gasteiger partial charge is 0.480 e. The summed E-state index contributed by atoms with van der Waals surface area (Å²) >= 11 is 5.41. The Balaban J connectivity index is 2.71. The van der Waals surface area contributed by atoms with Gasteiger partial charge in [0.15, 0.2) is 0 Å². The predicted molar refractivity (Wildman–Crippen MR) is 33.6 cm³/mol. The highest BCUT2D eigenvalue weighted by atomic mass is 35.5. The molecule has 0 unspecified atom stereocenters. The van der Waals surface area contributed by atoms with E-state index in [2.05, 4.69) is 14.7 Å². The smallest absolute Gasteiger partial charge is 0.232 e. The van der Waals surface area contributed by atoms with E-state index in [1.807, 2.05) is 0 Å². The average molecular weight is 148 g/mol. The number of nitrogens with zero attached hydrogens (tertiary/aromatic N) is 2. The first kappa shape index (κ1) is 3.37. The summed E-state index contributed by atoms with van der Waals surface area (Å²) in [5.41, 5.74) is 0. The van der Waals surface area contributed by atoms with Crippen LogP contribution in [-0.4, -0.2) is 17.0 Å². The number of hydrogen-bond donors (Lipinski definition) is 0. The van der Waals surface area contributed by atoms with Gasteiger partial charge < -0.3 is 4.74 Å². The van der Waals surface area contributed by atoms with Gasteiger partial charge >= 0.3 is 0 Å². The molecule has 0 N–H and O–H groups in total. The van der Waals surface area contributed by atoms with Crippen LogP contribution in [0.1, 0.15) is 4.11 Å². The van der Waals surface area contributed by atoms with E-state index >= 15 is 0 Å². The summed E-state index contributed by atoms with van der Waals surface area (Å²) in [7, 11) is -2.50. The lowest BCUT2D eigenvalue weighted by atomic mass is 10.7. The Bertz CT molecular complexity index is 260. The van der Waals surface area contributed by atoms with Gasteiger partial charge in [0.05, 0.1) is 23.5 Å². The fourth-order valence-electron chi connectivity index (χ4n) is 0.353. The van der Waals surface area contributed by atoms with E-state index in [4.69, 9.17) is 15.7 Å². The van der Waals surface area contributed by atoms with E-state index in [1.165, 1.54) is 6.20 Å². The van der Waals surface area contributed by atoms with Gasteiger partial charge in [-0.15, -0.1) is 0 Å². The van der Waals surface area contributed by atoms with Crippen molar-refractivity contribution < 1.29 is 8.85 Å². The van der Waals surface area contributed by atoms with E-state index < -0.39 is 7.04 Å². The molecule has 1 rings (SSSR count). The second-order valence-corrected chi connectivity index (χ2v) is 1.67. The first-order valence-electron chi connectivity index (χ1n) is 3.64. The third-order valence-corrected chi connectivity index (χ3v) is 0.896. The van der Waals surface area contributed by atoms with Crippen LogP contribution in [0, 0.1) is 0 Å². The molecule has 0 amide bonds. The van der Waals surface area contributed by atoms with Gasteiger partial charge in [0, 0.05) is 0 Å². The lowest BCUT2D eigenvalue weighted by Gasteiger charge is -1.93. The molecule has 0 saturated carbocycles. The normalized spacial score (nSPS) is 15.4. The Kier molecular flexibility index (Phi) is 0.987. The molecule has 0 saturated heterocycles. The van der Waals surface area contributed by atoms with Crippen molar-refractivity contribution in [3.05, 3.63) is 17.5 Å². The summed E-state index contributed by atoms with van der Waals surface area (Å²) in [6, 6.07) is 0. The van der Waals surface area contributed by atoms with Crippen LogP contribution in [0.5, 0.6) is 5.88 Å². The van der Waals surface area contributed by atoms with Crippen molar-refractivity contribution in [2.24, 2.45) is 0 Å². The molecule has 9 heavy (non-hydrogen) atoms. The Labute approximate surface area is 61.9 Å². The molecule has 1 aromatic heterocycles. The van der Waals surface area contributed by atoms with Crippen molar-refractivity contribution in [3.8, 4) is 5.88 Å². The molecular weight excluding hydrogens is 140 g/mol. The van der Waals surface area contributed by atoms with Gasteiger partial charge in [-0.25, -0.2) is 9.97 Å². The summed E-state index contributed by atoms with van der Waals surface area (Å²) in [6.07, 6.45) is 2.36. The minimum Gasteiger partial charge on any atom is -0.480 e. The lowest BCUT2D eigenvalue weighted by molar-refractivity contribution is 0.395. The summed E-state index contributed by atoms with van der Waals surface area (Å²) in [5, 5.41) is 0.188. The minimum atomic E-state index is -2.50. The van der Waals surface area contributed by atoms with Gasteiger partial charge in [-0.1, -0.05) is 11.6 Å². The van der Waals surface area contributed by atoms with Gasteiger partial charge in [0.1, 0.15) is 5.15 Å². The first-order valence-corrected chi connectivity index (χ1v) is 2.52. The molecule has 4 heteroatoms. The molecule has 1 heterocycles. The molecule has 3 nitrogen and oxygen atoms in total. The van der Waals surface area contributed by atoms with Gasteiger partial charge in [0.2, 0.25) is 5.88 Å². The fraction of sp³-hybridized carbons (Fsp3) is 0.200. The molecule has 0 atom stereocenters. The topological polar surface area (TPSA) is 35.0 Å². The highest BCUT2D eigenvalue weighted by Crippen LogP contribution is 2.05.